The Labute approximate surface area is 146 Å². The molecular formula is C16H15F3N6O. The molecule has 0 unspecified atom stereocenters. The monoisotopic (exact) mass is 364 g/mol. The summed E-state index contributed by atoms with van der Waals surface area (Å²) in [6, 6.07) is 3.84. The lowest BCUT2D eigenvalue weighted by Gasteiger charge is -2.25. The summed E-state index contributed by atoms with van der Waals surface area (Å²) >= 11 is 0. The van der Waals surface area contributed by atoms with Crippen molar-refractivity contribution >= 4 is 5.95 Å². The largest absolute Gasteiger partial charge is 0.471 e. The van der Waals surface area contributed by atoms with Crippen molar-refractivity contribution in [3.05, 3.63) is 47.9 Å². The highest BCUT2D eigenvalue weighted by molar-refractivity contribution is 5.52. The van der Waals surface area contributed by atoms with Gasteiger partial charge in [-0.1, -0.05) is 5.16 Å². The first-order chi connectivity index (χ1) is 12.1. The van der Waals surface area contributed by atoms with Crippen LogP contribution < -0.4 is 5.32 Å². The third-order valence-corrected chi connectivity index (χ3v) is 3.56. The second-order valence-corrected chi connectivity index (χ2v) is 6.18. The number of hydrogen-bond donors (Lipinski definition) is 1. The van der Waals surface area contributed by atoms with Crippen LogP contribution >= 0.6 is 0 Å². The van der Waals surface area contributed by atoms with Crippen LogP contribution in [-0.4, -0.2) is 25.1 Å². The smallest absolute Gasteiger partial charge is 0.344 e. The molecule has 3 rings (SSSR count). The van der Waals surface area contributed by atoms with Gasteiger partial charge in [0.15, 0.2) is 0 Å². The lowest BCUT2D eigenvalue weighted by molar-refractivity contribution is -0.159. The van der Waals surface area contributed by atoms with E-state index in [0.717, 1.165) is 11.3 Å². The molecule has 136 valence electrons. The molecule has 0 saturated heterocycles. The van der Waals surface area contributed by atoms with Crippen LogP contribution in [0, 0.1) is 6.92 Å². The molecule has 0 atom stereocenters. The summed E-state index contributed by atoms with van der Waals surface area (Å²) in [5.74, 6) is -1.36. The second-order valence-electron chi connectivity index (χ2n) is 6.18. The van der Waals surface area contributed by atoms with E-state index in [1.54, 1.807) is 6.20 Å². The first-order valence-electron chi connectivity index (χ1n) is 7.60. The molecule has 0 spiro atoms. The Hall–Kier alpha value is -3.04. The number of pyridine rings is 1. The lowest BCUT2D eigenvalue weighted by atomic mass is 9.99. The van der Waals surface area contributed by atoms with Crippen molar-refractivity contribution in [2.75, 3.05) is 5.32 Å². The molecule has 7 nitrogen and oxygen atoms in total. The Morgan fingerprint density at radius 2 is 1.77 bits per heavy atom. The molecule has 10 heteroatoms. The molecule has 0 fully saturated rings. The lowest BCUT2D eigenvalue weighted by Crippen LogP contribution is -2.30. The predicted octanol–water partition coefficient (Wildman–Crippen LogP) is 3.60. The van der Waals surface area contributed by atoms with Crippen LogP contribution in [-0.2, 0) is 11.7 Å². The quantitative estimate of drug-likeness (QED) is 0.756. The molecule has 3 aromatic rings. The van der Waals surface area contributed by atoms with Gasteiger partial charge in [0.05, 0.1) is 16.8 Å². The zero-order valence-corrected chi connectivity index (χ0v) is 14.2. The highest BCUT2D eigenvalue weighted by Gasteiger charge is 2.38. The molecule has 3 aromatic heterocycles. The number of anilines is 1. The summed E-state index contributed by atoms with van der Waals surface area (Å²) in [6.45, 7) is 5.80. The maximum absolute atomic E-state index is 12.5. The van der Waals surface area contributed by atoms with Gasteiger partial charge in [-0.05, 0) is 38.5 Å². The van der Waals surface area contributed by atoms with Crippen molar-refractivity contribution in [3.63, 3.8) is 0 Å². The SMILES string of the molecule is Cc1ccnc(C(C)(C)Nc2ncc(-c3noc(C(F)(F)F)n3)cn2)c1. The van der Waals surface area contributed by atoms with Crippen LogP contribution in [0.2, 0.25) is 0 Å². The molecule has 1 N–H and O–H groups in total. The number of alkyl halides is 3. The van der Waals surface area contributed by atoms with E-state index in [2.05, 4.69) is 34.9 Å². The maximum atomic E-state index is 12.5. The number of aryl methyl sites for hydroxylation is 1. The normalized spacial score (nSPS) is 12.2. The van der Waals surface area contributed by atoms with Crippen LogP contribution in [0.1, 0.15) is 31.0 Å². The minimum atomic E-state index is -4.70. The maximum Gasteiger partial charge on any atom is 0.471 e. The van der Waals surface area contributed by atoms with Gasteiger partial charge < -0.3 is 9.84 Å². The van der Waals surface area contributed by atoms with E-state index in [9.17, 15) is 13.2 Å². The zero-order valence-electron chi connectivity index (χ0n) is 14.2. The third-order valence-electron chi connectivity index (χ3n) is 3.56. The third kappa shape index (κ3) is 3.79. The van der Waals surface area contributed by atoms with Gasteiger partial charge >= 0.3 is 12.1 Å². The van der Waals surface area contributed by atoms with Crippen LogP contribution in [0.3, 0.4) is 0 Å². The summed E-state index contributed by atoms with van der Waals surface area (Å²) in [5, 5.41) is 6.44. The van der Waals surface area contributed by atoms with Gasteiger partial charge in [-0.3, -0.25) is 4.98 Å². The molecule has 0 radical (unpaired) electrons. The van der Waals surface area contributed by atoms with Crippen molar-refractivity contribution in [2.24, 2.45) is 0 Å². The van der Waals surface area contributed by atoms with E-state index in [4.69, 9.17) is 0 Å². The van der Waals surface area contributed by atoms with Crippen molar-refractivity contribution in [2.45, 2.75) is 32.5 Å². The van der Waals surface area contributed by atoms with E-state index in [1.807, 2.05) is 32.9 Å². The van der Waals surface area contributed by atoms with Gasteiger partial charge in [0.2, 0.25) is 11.8 Å². The standard InChI is InChI=1S/C16H15F3N6O/c1-9-4-5-20-11(6-9)15(2,3)24-14-21-7-10(8-22-14)12-23-13(26-25-12)16(17,18)19/h4-8H,1-3H3,(H,21,22,24). The van der Waals surface area contributed by atoms with Crippen LogP contribution in [0.4, 0.5) is 19.1 Å². The van der Waals surface area contributed by atoms with Crippen LogP contribution in [0.5, 0.6) is 0 Å². The van der Waals surface area contributed by atoms with Crippen LogP contribution in [0.15, 0.2) is 35.2 Å². The predicted molar refractivity (Wildman–Crippen MR) is 85.9 cm³/mol. The molecule has 0 aromatic carbocycles. The summed E-state index contributed by atoms with van der Waals surface area (Å²) in [6.07, 6.45) is -0.342. The van der Waals surface area contributed by atoms with Crippen LogP contribution in [0.25, 0.3) is 11.4 Å². The topological polar surface area (TPSA) is 89.6 Å². The molecule has 0 aliphatic rings. The highest BCUT2D eigenvalue weighted by Crippen LogP contribution is 2.29. The molecule has 26 heavy (non-hydrogen) atoms. The summed E-state index contributed by atoms with van der Waals surface area (Å²) in [5.41, 5.74) is 1.53. The van der Waals surface area contributed by atoms with Crippen molar-refractivity contribution in [3.8, 4) is 11.4 Å². The Morgan fingerprint density at radius 3 is 2.35 bits per heavy atom. The van der Waals surface area contributed by atoms with E-state index >= 15 is 0 Å². The molecule has 0 aliphatic heterocycles. The fourth-order valence-electron chi connectivity index (χ4n) is 2.19. The number of hydrogen-bond acceptors (Lipinski definition) is 7. The number of aromatic nitrogens is 5. The molecule has 0 saturated carbocycles. The fraction of sp³-hybridized carbons (Fsp3) is 0.312. The summed E-state index contributed by atoms with van der Waals surface area (Å²) in [7, 11) is 0. The van der Waals surface area contributed by atoms with Gasteiger partial charge in [0.25, 0.3) is 0 Å². The summed E-state index contributed by atoms with van der Waals surface area (Å²) < 4.78 is 41.7. The molecular weight excluding hydrogens is 349 g/mol. The second kappa shape index (κ2) is 6.36. The van der Waals surface area contributed by atoms with Gasteiger partial charge in [-0.15, -0.1) is 0 Å². The van der Waals surface area contributed by atoms with Crippen molar-refractivity contribution in [1.29, 1.82) is 0 Å². The molecule has 0 bridgehead atoms. The fourth-order valence-corrected chi connectivity index (χ4v) is 2.19. The number of nitrogens with zero attached hydrogens (tertiary/aromatic N) is 5. The number of nitrogens with one attached hydrogen (secondary N) is 1. The van der Waals surface area contributed by atoms with E-state index in [1.165, 1.54) is 12.4 Å². The zero-order chi connectivity index (χ0) is 18.9. The average molecular weight is 364 g/mol. The first kappa shape index (κ1) is 17.8. The highest BCUT2D eigenvalue weighted by atomic mass is 19.4. The van der Waals surface area contributed by atoms with Crippen molar-refractivity contribution < 1.29 is 17.7 Å². The van der Waals surface area contributed by atoms with E-state index < -0.39 is 17.6 Å². The average Bonchev–Trinajstić information content (AvgIpc) is 3.05. The summed E-state index contributed by atoms with van der Waals surface area (Å²) in [4.78, 5) is 15.9. The van der Waals surface area contributed by atoms with Gasteiger partial charge in [-0.25, -0.2) is 9.97 Å². The Bertz CT molecular complexity index is 905. The minimum absolute atomic E-state index is 0.210. The van der Waals surface area contributed by atoms with Crippen molar-refractivity contribution in [1.82, 2.24) is 25.1 Å². The molecule has 0 aliphatic carbocycles. The number of halogens is 3. The van der Waals surface area contributed by atoms with E-state index in [-0.39, 0.29) is 11.4 Å². The van der Waals surface area contributed by atoms with Gasteiger partial charge in [0.1, 0.15) is 0 Å². The minimum Gasteiger partial charge on any atom is -0.344 e. The Morgan fingerprint density at radius 1 is 1.08 bits per heavy atom. The molecule has 3 heterocycles. The Kier molecular flexibility index (Phi) is 4.34. The van der Waals surface area contributed by atoms with Gasteiger partial charge in [0, 0.05) is 18.6 Å². The first-order valence-corrected chi connectivity index (χ1v) is 7.60. The Balaban J connectivity index is 1.78. The van der Waals surface area contributed by atoms with Gasteiger partial charge in [-0.2, -0.15) is 18.2 Å². The number of rotatable bonds is 4. The molecule has 0 amide bonds. The van der Waals surface area contributed by atoms with E-state index in [0.29, 0.717) is 5.95 Å².